The van der Waals surface area contributed by atoms with E-state index in [0.717, 1.165) is 6.42 Å². The van der Waals surface area contributed by atoms with Crippen LogP contribution in [0.3, 0.4) is 0 Å². The summed E-state index contributed by atoms with van der Waals surface area (Å²) < 4.78 is 33.1. The molecule has 31 heavy (non-hydrogen) atoms. The molecule has 0 aliphatic rings. The quantitative estimate of drug-likeness (QED) is 0.497. The molecule has 8 heteroatoms. The Morgan fingerprint density at radius 2 is 1.77 bits per heavy atom. The number of carbonyl (C=O) groups is 1. The van der Waals surface area contributed by atoms with Gasteiger partial charge in [-0.2, -0.15) is 0 Å². The van der Waals surface area contributed by atoms with Crippen molar-refractivity contribution in [3.63, 3.8) is 0 Å². The summed E-state index contributed by atoms with van der Waals surface area (Å²) in [5.41, 5.74) is 0.609. The summed E-state index contributed by atoms with van der Waals surface area (Å²) in [5, 5.41) is 4.86. The highest BCUT2D eigenvalue weighted by Crippen LogP contribution is 2.25. The SMILES string of the molecule is CCN(c1ccccc1)S(=O)(=O)c1ccc(O[C@H](C)C(=O)NCCc2cccs2)cc1. The summed E-state index contributed by atoms with van der Waals surface area (Å²) in [6, 6.07) is 19.1. The molecular formula is C23H26N2O4S2. The Morgan fingerprint density at radius 3 is 2.39 bits per heavy atom. The standard InChI is InChI=1S/C23H26N2O4S2/c1-3-25(19-8-5-4-6-9-19)31(27,28)22-13-11-20(12-14-22)29-18(2)23(26)24-16-15-21-10-7-17-30-21/h4-14,17-18H,3,15-16H2,1-2H3,(H,24,26)/t18-/m1/s1. The highest BCUT2D eigenvalue weighted by atomic mass is 32.2. The van der Waals surface area contributed by atoms with Gasteiger partial charge in [0.25, 0.3) is 15.9 Å². The summed E-state index contributed by atoms with van der Waals surface area (Å²) in [7, 11) is -3.70. The number of benzene rings is 2. The average Bonchev–Trinajstić information content (AvgIpc) is 3.28. The largest absolute Gasteiger partial charge is 0.481 e. The van der Waals surface area contributed by atoms with Crippen LogP contribution in [0.4, 0.5) is 5.69 Å². The number of para-hydroxylation sites is 1. The number of hydrogen-bond donors (Lipinski definition) is 1. The molecule has 1 atom stereocenters. The third-order valence-electron chi connectivity index (χ3n) is 4.68. The van der Waals surface area contributed by atoms with Gasteiger partial charge in [-0.1, -0.05) is 24.3 Å². The lowest BCUT2D eigenvalue weighted by atomic mass is 10.3. The fourth-order valence-electron chi connectivity index (χ4n) is 3.07. The summed E-state index contributed by atoms with van der Waals surface area (Å²) in [6.07, 6.45) is 0.0835. The van der Waals surface area contributed by atoms with Crippen LogP contribution >= 0.6 is 11.3 Å². The molecule has 0 unspecified atom stereocenters. The van der Waals surface area contributed by atoms with Crippen molar-refractivity contribution in [2.45, 2.75) is 31.3 Å². The number of nitrogens with zero attached hydrogens (tertiary/aromatic N) is 1. The van der Waals surface area contributed by atoms with Gasteiger partial charge in [-0.05, 0) is 68.1 Å². The van der Waals surface area contributed by atoms with Crippen LogP contribution in [-0.4, -0.2) is 33.5 Å². The number of carbonyl (C=O) groups excluding carboxylic acids is 1. The number of amides is 1. The van der Waals surface area contributed by atoms with Crippen LogP contribution in [0.2, 0.25) is 0 Å². The number of thiophene rings is 1. The molecular weight excluding hydrogens is 432 g/mol. The molecule has 0 aliphatic carbocycles. The van der Waals surface area contributed by atoms with Crippen molar-refractivity contribution in [2.24, 2.45) is 0 Å². The molecule has 0 radical (unpaired) electrons. The van der Waals surface area contributed by atoms with E-state index in [1.165, 1.54) is 21.3 Å². The van der Waals surface area contributed by atoms with Crippen LogP contribution in [0.1, 0.15) is 18.7 Å². The fourth-order valence-corrected chi connectivity index (χ4v) is 5.25. The van der Waals surface area contributed by atoms with Crippen LogP contribution in [-0.2, 0) is 21.2 Å². The Balaban J connectivity index is 1.60. The van der Waals surface area contributed by atoms with Gasteiger partial charge in [-0.15, -0.1) is 11.3 Å². The zero-order valence-electron chi connectivity index (χ0n) is 17.5. The summed E-state index contributed by atoms with van der Waals surface area (Å²) in [6.45, 7) is 4.31. The molecule has 1 N–H and O–H groups in total. The van der Waals surface area contributed by atoms with Gasteiger partial charge in [0.2, 0.25) is 0 Å². The first-order chi connectivity index (χ1) is 14.9. The summed E-state index contributed by atoms with van der Waals surface area (Å²) in [5.74, 6) is 0.220. The molecule has 3 aromatic rings. The number of nitrogens with one attached hydrogen (secondary N) is 1. The minimum absolute atomic E-state index is 0.165. The molecule has 1 amide bonds. The minimum Gasteiger partial charge on any atom is -0.481 e. The second-order valence-electron chi connectivity index (χ2n) is 6.86. The lowest BCUT2D eigenvalue weighted by molar-refractivity contribution is -0.127. The van der Waals surface area contributed by atoms with Crippen LogP contribution in [0.15, 0.2) is 77.0 Å². The number of hydrogen-bond acceptors (Lipinski definition) is 5. The van der Waals surface area contributed by atoms with Crippen molar-refractivity contribution < 1.29 is 17.9 Å². The third-order valence-corrected chi connectivity index (χ3v) is 7.53. The van der Waals surface area contributed by atoms with Gasteiger partial charge < -0.3 is 10.1 Å². The zero-order chi connectivity index (χ0) is 22.3. The predicted molar refractivity (Wildman–Crippen MR) is 124 cm³/mol. The Kier molecular flexibility index (Phi) is 7.70. The van der Waals surface area contributed by atoms with Crippen LogP contribution < -0.4 is 14.4 Å². The summed E-state index contributed by atoms with van der Waals surface area (Å²) in [4.78, 5) is 13.6. The Labute approximate surface area is 187 Å². The van der Waals surface area contributed by atoms with Crippen molar-refractivity contribution in [3.05, 3.63) is 77.0 Å². The molecule has 1 aromatic heterocycles. The lowest BCUT2D eigenvalue weighted by Crippen LogP contribution is -2.37. The number of anilines is 1. The first-order valence-corrected chi connectivity index (χ1v) is 12.4. The predicted octanol–water partition coefficient (Wildman–Crippen LogP) is 4.09. The third kappa shape index (κ3) is 5.86. The maximum atomic E-state index is 13.0. The van der Waals surface area contributed by atoms with Crippen LogP contribution in [0.5, 0.6) is 5.75 Å². The number of rotatable bonds is 10. The molecule has 2 aromatic carbocycles. The van der Waals surface area contributed by atoms with Crippen LogP contribution in [0, 0.1) is 0 Å². The molecule has 164 valence electrons. The molecule has 6 nitrogen and oxygen atoms in total. The lowest BCUT2D eigenvalue weighted by Gasteiger charge is -2.23. The number of sulfonamides is 1. The van der Waals surface area contributed by atoms with Gasteiger partial charge in [0, 0.05) is 18.0 Å². The van der Waals surface area contributed by atoms with E-state index in [4.69, 9.17) is 4.74 Å². The van der Waals surface area contributed by atoms with Gasteiger partial charge in [0.1, 0.15) is 5.75 Å². The fraction of sp³-hybridized carbons (Fsp3) is 0.261. The molecule has 0 fully saturated rings. The van der Waals surface area contributed by atoms with E-state index in [2.05, 4.69) is 5.32 Å². The van der Waals surface area contributed by atoms with Gasteiger partial charge in [0.15, 0.2) is 6.10 Å². The molecule has 1 heterocycles. The van der Waals surface area contributed by atoms with E-state index >= 15 is 0 Å². The van der Waals surface area contributed by atoms with Crippen molar-refractivity contribution in [2.75, 3.05) is 17.4 Å². The molecule has 0 aliphatic heterocycles. The van der Waals surface area contributed by atoms with E-state index in [0.29, 0.717) is 24.5 Å². The van der Waals surface area contributed by atoms with Gasteiger partial charge in [-0.3, -0.25) is 9.10 Å². The second kappa shape index (κ2) is 10.5. The maximum absolute atomic E-state index is 13.0. The van der Waals surface area contributed by atoms with E-state index in [1.54, 1.807) is 61.6 Å². The van der Waals surface area contributed by atoms with Gasteiger partial charge >= 0.3 is 0 Å². The molecule has 3 rings (SSSR count). The Bertz CT molecular complexity index is 1070. The molecule has 0 saturated carbocycles. The zero-order valence-corrected chi connectivity index (χ0v) is 19.2. The number of ether oxygens (including phenoxy) is 1. The topological polar surface area (TPSA) is 75.7 Å². The van der Waals surface area contributed by atoms with Crippen molar-refractivity contribution in [3.8, 4) is 5.75 Å². The highest BCUT2D eigenvalue weighted by Gasteiger charge is 2.23. The van der Waals surface area contributed by atoms with E-state index in [-0.39, 0.29) is 10.8 Å². The second-order valence-corrected chi connectivity index (χ2v) is 9.75. The van der Waals surface area contributed by atoms with Gasteiger partial charge in [0.05, 0.1) is 10.6 Å². The Morgan fingerprint density at radius 1 is 1.06 bits per heavy atom. The molecule has 0 saturated heterocycles. The normalized spacial score (nSPS) is 12.2. The van der Waals surface area contributed by atoms with Crippen molar-refractivity contribution in [1.29, 1.82) is 0 Å². The van der Waals surface area contributed by atoms with Crippen molar-refractivity contribution >= 4 is 33.0 Å². The minimum atomic E-state index is -3.70. The van der Waals surface area contributed by atoms with E-state index in [1.807, 2.05) is 23.6 Å². The maximum Gasteiger partial charge on any atom is 0.264 e. The van der Waals surface area contributed by atoms with E-state index < -0.39 is 16.1 Å². The Hall–Kier alpha value is -2.84. The first kappa shape index (κ1) is 22.8. The molecule has 0 bridgehead atoms. The average molecular weight is 459 g/mol. The molecule has 0 spiro atoms. The highest BCUT2D eigenvalue weighted by molar-refractivity contribution is 7.92. The van der Waals surface area contributed by atoms with Gasteiger partial charge in [-0.25, -0.2) is 8.42 Å². The van der Waals surface area contributed by atoms with E-state index in [9.17, 15) is 13.2 Å². The monoisotopic (exact) mass is 458 g/mol. The van der Waals surface area contributed by atoms with Crippen LogP contribution in [0.25, 0.3) is 0 Å². The first-order valence-electron chi connectivity index (χ1n) is 10.1. The smallest absolute Gasteiger partial charge is 0.264 e. The summed E-state index contributed by atoms with van der Waals surface area (Å²) >= 11 is 1.66. The van der Waals surface area contributed by atoms with Crippen molar-refractivity contribution in [1.82, 2.24) is 5.32 Å².